The Morgan fingerprint density at radius 1 is 1.24 bits per heavy atom. The zero-order valence-corrected chi connectivity index (χ0v) is 11.8. The van der Waals surface area contributed by atoms with E-state index in [1.165, 1.54) is 5.56 Å². The van der Waals surface area contributed by atoms with Gasteiger partial charge >= 0.3 is 0 Å². The van der Waals surface area contributed by atoms with Crippen molar-refractivity contribution in [3.63, 3.8) is 0 Å². The van der Waals surface area contributed by atoms with Crippen molar-refractivity contribution in [2.24, 2.45) is 0 Å². The second-order valence-electron chi connectivity index (χ2n) is 4.66. The molecule has 0 amide bonds. The Bertz CT molecular complexity index is 478. The maximum atomic E-state index is 11.6. The van der Waals surface area contributed by atoms with Crippen molar-refractivity contribution in [1.29, 1.82) is 0 Å². The van der Waals surface area contributed by atoms with E-state index in [4.69, 9.17) is 0 Å². The molecule has 1 aromatic rings. The number of hydrogen-bond donors (Lipinski definition) is 1. The standard InChI is InChI=1S/C13H21NO2S/c1-10(2)17(15,16)8-7-14-13-6-5-11(3)9-12(13)4/h5-6,9-10,14H,7-8H2,1-4H3. The van der Waals surface area contributed by atoms with E-state index in [0.29, 0.717) is 6.54 Å². The van der Waals surface area contributed by atoms with Crippen molar-refractivity contribution in [3.05, 3.63) is 29.3 Å². The van der Waals surface area contributed by atoms with Gasteiger partial charge in [-0.05, 0) is 39.3 Å². The maximum absolute atomic E-state index is 11.6. The summed E-state index contributed by atoms with van der Waals surface area (Å²) >= 11 is 0. The summed E-state index contributed by atoms with van der Waals surface area (Å²) in [6.07, 6.45) is 0. The van der Waals surface area contributed by atoms with Gasteiger partial charge in [0.05, 0.1) is 11.0 Å². The van der Waals surface area contributed by atoms with Crippen LogP contribution in [0.15, 0.2) is 18.2 Å². The molecule has 0 atom stereocenters. The van der Waals surface area contributed by atoms with E-state index >= 15 is 0 Å². The van der Waals surface area contributed by atoms with E-state index in [1.54, 1.807) is 13.8 Å². The van der Waals surface area contributed by atoms with Crippen molar-refractivity contribution in [1.82, 2.24) is 0 Å². The molecule has 0 fully saturated rings. The minimum absolute atomic E-state index is 0.179. The molecule has 3 nitrogen and oxygen atoms in total. The largest absolute Gasteiger partial charge is 0.384 e. The van der Waals surface area contributed by atoms with Gasteiger partial charge < -0.3 is 5.32 Å². The van der Waals surface area contributed by atoms with Gasteiger partial charge in [-0.25, -0.2) is 8.42 Å². The summed E-state index contributed by atoms with van der Waals surface area (Å²) < 4.78 is 23.2. The molecule has 0 heterocycles. The second kappa shape index (κ2) is 5.54. The predicted octanol–water partition coefficient (Wildman–Crippen LogP) is 2.54. The normalized spacial score (nSPS) is 11.8. The number of sulfone groups is 1. The summed E-state index contributed by atoms with van der Waals surface area (Å²) in [6.45, 7) is 7.95. The first-order valence-electron chi connectivity index (χ1n) is 5.85. The topological polar surface area (TPSA) is 46.2 Å². The van der Waals surface area contributed by atoms with E-state index in [-0.39, 0.29) is 11.0 Å². The Labute approximate surface area is 104 Å². The third-order valence-corrected chi connectivity index (χ3v) is 5.01. The van der Waals surface area contributed by atoms with Gasteiger partial charge in [0, 0.05) is 12.2 Å². The highest BCUT2D eigenvalue weighted by Gasteiger charge is 2.15. The molecule has 0 aliphatic carbocycles. The molecule has 1 rings (SSSR count). The zero-order chi connectivity index (χ0) is 13.1. The van der Waals surface area contributed by atoms with Gasteiger partial charge in [0.2, 0.25) is 0 Å². The highest BCUT2D eigenvalue weighted by molar-refractivity contribution is 7.92. The lowest BCUT2D eigenvalue weighted by atomic mass is 10.1. The first-order valence-corrected chi connectivity index (χ1v) is 7.57. The SMILES string of the molecule is Cc1ccc(NCCS(=O)(=O)C(C)C)c(C)c1. The van der Waals surface area contributed by atoms with Crippen LogP contribution in [-0.2, 0) is 9.84 Å². The third kappa shape index (κ3) is 4.04. The van der Waals surface area contributed by atoms with Crippen LogP contribution in [0.1, 0.15) is 25.0 Å². The molecular formula is C13H21NO2S. The van der Waals surface area contributed by atoms with Crippen molar-refractivity contribution >= 4 is 15.5 Å². The number of benzene rings is 1. The fourth-order valence-corrected chi connectivity index (χ4v) is 2.43. The summed E-state index contributed by atoms with van der Waals surface area (Å²) in [7, 11) is -2.95. The molecule has 0 aromatic heterocycles. The van der Waals surface area contributed by atoms with Gasteiger partial charge in [-0.1, -0.05) is 17.7 Å². The van der Waals surface area contributed by atoms with Crippen molar-refractivity contribution in [2.75, 3.05) is 17.6 Å². The number of anilines is 1. The molecule has 0 saturated carbocycles. The first kappa shape index (κ1) is 14.0. The number of nitrogens with one attached hydrogen (secondary N) is 1. The Hall–Kier alpha value is -1.03. The number of aryl methyl sites for hydroxylation is 2. The van der Waals surface area contributed by atoms with E-state index in [1.807, 2.05) is 26.0 Å². The van der Waals surface area contributed by atoms with Crippen molar-refractivity contribution in [2.45, 2.75) is 32.9 Å². The molecule has 96 valence electrons. The van der Waals surface area contributed by atoms with Crippen LogP contribution in [0.5, 0.6) is 0 Å². The molecule has 0 radical (unpaired) electrons. The quantitative estimate of drug-likeness (QED) is 0.879. The lowest BCUT2D eigenvalue weighted by molar-refractivity contribution is 0.588. The Morgan fingerprint density at radius 3 is 2.41 bits per heavy atom. The Balaban J connectivity index is 2.58. The van der Waals surface area contributed by atoms with Crippen LogP contribution in [0, 0.1) is 13.8 Å². The molecule has 1 N–H and O–H groups in total. The molecule has 4 heteroatoms. The molecule has 0 bridgehead atoms. The summed E-state index contributed by atoms with van der Waals surface area (Å²) in [4.78, 5) is 0. The lowest BCUT2D eigenvalue weighted by Crippen LogP contribution is -2.23. The fourth-order valence-electron chi connectivity index (χ4n) is 1.58. The van der Waals surface area contributed by atoms with E-state index in [2.05, 4.69) is 11.4 Å². The Kier molecular flexibility index (Phi) is 4.57. The predicted molar refractivity (Wildman–Crippen MR) is 73.3 cm³/mol. The van der Waals surface area contributed by atoms with Crippen molar-refractivity contribution in [3.8, 4) is 0 Å². The van der Waals surface area contributed by atoms with E-state index in [0.717, 1.165) is 11.3 Å². The molecule has 1 aromatic carbocycles. The van der Waals surface area contributed by atoms with E-state index < -0.39 is 9.84 Å². The van der Waals surface area contributed by atoms with Gasteiger partial charge in [0.15, 0.2) is 9.84 Å². The van der Waals surface area contributed by atoms with Gasteiger partial charge in [-0.15, -0.1) is 0 Å². The summed E-state index contributed by atoms with van der Waals surface area (Å²) in [5.74, 6) is 0.179. The number of rotatable bonds is 5. The minimum atomic E-state index is -2.95. The molecule has 0 unspecified atom stereocenters. The van der Waals surface area contributed by atoms with Crippen LogP contribution in [-0.4, -0.2) is 26.0 Å². The van der Waals surface area contributed by atoms with Gasteiger partial charge in [-0.3, -0.25) is 0 Å². The Morgan fingerprint density at radius 2 is 1.88 bits per heavy atom. The zero-order valence-electron chi connectivity index (χ0n) is 10.9. The van der Waals surface area contributed by atoms with E-state index in [9.17, 15) is 8.42 Å². The second-order valence-corrected chi connectivity index (χ2v) is 7.34. The van der Waals surface area contributed by atoms with Crippen molar-refractivity contribution < 1.29 is 8.42 Å². The highest BCUT2D eigenvalue weighted by atomic mass is 32.2. The molecule has 0 saturated heterocycles. The van der Waals surface area contributed by atoms with Crippen LogP contribution in [0.4, 0.5) is 5.69 Å². The molecular weight excluding hydrogens is 234 g/mol. The average molecular weight is 255 g/mol. The molecule has 17 heavy (non-hydrogen) atoms. The maximum Gasteiger partial charge on any atom is 0.154 e. The van der Waals surface area contributed by atoms with Crippen LogP contribution < -0.4 is 5.32 Å². The monoisotopic (exact) mass is 255 g/mol. The third-order valence-electron chi connectivity index (χ3n) is 2.80. The lowest BCUT2D eigenvalue weighted by Gasteiger charge is -2.11. The van der Waals surface area contributed by atoms with Crippen LogP contribution in [0.2, 0.25) is 0 Å². The molecule has 0 aliphatic rings. The summed E-state index contributed by atoms with van der Waals surface area (Å²) in [6, 6.07) is 6.10. The van der Waals surface area contributed by atoms with Gasteiger partial charge in [0.1, 0.15) is 0 Å². The van der Waals surface area contributed by atoms with Crippen LogP contribution >= 0.6 is 0 Å². The molecule has 0 spiro atoms. The van der Waals surface area contributed by atoms with Gasteiger partial charge in [0.25, 0.3) is 0 Å². The summed E-state index contributed by atoms with van der Waals surface area (Å²) in [5.41, 5.74) is 3.37. The molecule has 0 aliphatic heterocycles. The fraction of sp³-hybridized carbons (Fsp3) is 0.538. The van der Waals surface area contributed by atoms with Crippen LogP contribution in [0.3, 0.4) is 0 Å². The van der Waals surface area contributed by atoms with Gasteiger partial charge in [-0.2, -0.15) is 0 Å². The number of hydrogen-bond acceptors (Lipinski definition) is 3. The smallest absolute Gasteiger partial charge is 0.154 e. The van der Waals surface area contributed by atoms with Crippen LogP contribution in [0.25, 0.3) is 0 Å². The minimum Gasteiger partial charge on any atom is -0.384 e. The summed E-state index contributed by atoms with van der Waals surface area (Å²) in [5, 5.41) is 2.87. The average Bonchev–Trinajstić information content (AvgIpc) is 2.21. The first-order chi connectivity index (χ1) is 7.83. The highest BCUT2D eigenvalue weighted by Crippen LogP contribution is 2.15.